The van der Waals surface area contributed by atoms with E-state index in [0.717, 1.165) is 6.42 Å². The van der Waals surface area contributed by atoms with Crippen molar-refractivity contribution in [3.63, 3.8) is 0 Å². The van der Waals surface area contributed by atoms with E-state index in [0.29, 0.717) is 23.4 Å². The molecule has 0 atom stereocenters. The van der Waals surface area contributed by atoms with E-state index in [1.165, 1.54) is 4.90 Å². The SMILES string of the molecule is CCCC(=O)c1ccc2c(c1)N(CC(=O)OCC)C(=O)C(C)(C)O2. The number of ketones is 1. The fourth-order valence-corrected chi connectivity index (χ4v) is 2.61. The Labute approximate surface area is 141 Å². The summed E-state index contributed by atoms with van der Waals surface area (Å²) in [5.74, 6) is -0.381. The molecule has 0 radical (unpaired) electrons. The minimum atomic E-state index is -1.09. The molecule has 0 aromatic heterocycles. The number of carbonyl (C=O) groups excluding carboxylic acids is 3. The number of rotatable bonds is 6. The van der Waals surface area contributed by atoms with Gasteiger partial charge in [0.25, 0.3) is 5.91 Å². The fraction of sp³-hybridized carbons (Fsp3) is 0.500. The summed E-state index contributed by atoms with van der Waals surface area (Å²) in [6.45, 7) is 6.95. The van der Waals surface area contributed by atoms with Crippen LogP contribution in [0.15, 0.2) is 18.2 Å². The van der Waals surface area contributed by atoms with Gasteiger partial charge in [0.15, 0.2) is 11.4 Å². The third-order valence-corrected chi connectivity index (χ3v) is 3.77. The van der Waals surface area contributed by atoms with E-state index < -0.39 is 11.6 Å². The highest BCUT2D eigenvalue weighted by atomic mass is 16.5. The molecule has 0 N–H and O–H groups in total. The van der Waals surface area contributed by atoms with E-state index in [1.807, 2.05) is 6.92 Å². The maximum absolute atomic E-state index is 12.7. The van der Waals surface area contributed by atoms with Gasteiger partial charge in [-0.05, 0) is 45.4 Å². The van der Waals surface area contributed by atoms with Crippen molar-refractivity contribution in [3.05, 3.63) is 23.8 Å². The summed E-state index contributed by atoms with van der Waals surface area (Å²) in [6.07, 6.45) is 1.17. The number of hydrogen-bond donors (Lipinski definition) is 0. The normalized spacial score (nSPS) is 15.5. The van der Waals surface area contributed by atoms with Gasteiger partial charge < -0.3 is 9.47 Å². The number of benzene rings is 1. The van der Waals surface area contributed by atoms with Crippen molar-refractivity contribution in [1.82, 2.24) is 0 Å². The fourth-order valence-electron chi connectivity index (χ4n) is 2.61. The highest BCUT2D eigenvalue weighted by Gasteiger charge is 2.42. The Morgan fingerprint density at radius 2 is 1.96 bits per heavy atom. The van der Waals surface area contributed by atoms with Gasteiger partial charge in [-0.15, -0.1) is 0 Å². The Bertz CT molecular complexity index is 665. The van der Waals surface area contributed by atoms with Gasteiger partial charge >= 0.3 is 5.97 Å². The van der Waals surface area contributed by atoms with Gasteiger partial charge in [-0.25, -0.2) is 0 Å². The molecular weight excluding hydrogens is 310 g/mol. The number of nitrogens with zero attached hydrogens (tertiary/aromatic N) is 1. The number of fused-ring (bicyclic) bond motifs is 1. The average Bonchev–Trinajstić information content (AvgIpc) is 2.51. The Balaban J connectivity index is 2.42. The molecular formula is C18H23NO5. The maximum Gasteiger partial charge on any atom is 0.326 e. The van der Waals surface area contributed by atoms with Crippen molar-refractivity contribution in [3.8, 4) is 5.75 Å². The van der Waals surface area contributed by atoms with E-state index in [2.05, 4.69) is 0 Å². The molecule has 1 amide bonds. The van der Waals surface area contributed by atoms with Crippen molar-refractivity contribution < 1.29 is 23.9 Å². The summed E-state index contributed by atoms with van der Waals surface area (Å²) in [4.78, 5) is 38.0. The van der Waals surface area contributed by atoms with Crippen LogP contribution in [0.3, 0.4) is 0 Å². The summed E-state index contributed by atoms with van der Waals surface area (Å²) in [7, 11) is 0. The Morgan fingerprint density at radius 3 is 2.58 bits per heavy atom. The maximum atomic E-state index is 12.7. The van der Waals surface area contributed by atoms with Gasteiger partial charge in [-0.2, -0.15) is 0 Å². The molecule has 130 valence electrons. The van der Waals surface area contributed by atoms with E-state index in [1.54, 1.807) is 39.0 Å². The Hall–Kier alpha value is -2.37. The molecule has 0 bridgehead atoms. The molecule has 0 saturated carbocycles. The third kappa shape index (κ3) is 3.58. The summed E-state index contributed by atoms with van der Waals surface area (Å²) < 4.78 is 10.7. The number of esters is 1. The first-order chi connectivity index (χ1) is 11.3. The van der Waals surface area contributed by atoms with Gasteiger partial charge in [-0.3, -0.25) is 19.3 Å². The number of anilines is 1. The standard InChI is InChI=1S/C18H23NO5/c1-5-7-14(20)12-8-9-15-13(10-12)19(11-16(21)23-6-2)17(22)18(3,4)24-15/h8-10H,5-7,11H2,1-4H3. The Morgan fingerprint density at radius 1 is 1.25 bits per heavy atom. The molecule has 0 fully saturated rings. The lowest BCUT2D eigenvalue weighted by atomic mass is 10.0. The zero-order valence-corrected chi connectivity index (χ0v) is 14.5. The van der Waals surface area contributed by atoms with E-state index in [-0.39, 0.29) is 24.8 Å². The van der Waals surface area contributed by atoms with Crippen molar-refractivity contribution in [2.45, 2.75) is 46.1 Å². The summed E-state index contributed by atoms with van der Waals surface area (Å²) >= 11 is 0. The second-order valence-corrected chi connectivity index (χ2v) is 6.16. The summed E-state index contributed by atoms with van der Waals surface area (Å²) in [5, 5.41) is 0. The largest absolute Gasteiger partial charge is 0.476 e. The van der Waals surface area contributed by atoms with Gasteiger partial charge in [-0.1, -0.05) is 6.92 Å². The molecule has 1 aliphatic rings. The van der Waals surface area contributed by atoms with E-state index in [4.69, 9.17) is 9.47 Å². The molecule has 1 aromatic rings. The van der Waals surface area contributed by atoms with Crippen LogP contribution in [-0.4, -0.2) is 36.4 Å². The zero-order chi connectivity index (χ0) is 17.9. The quantitative estimate of drug-likeness (QED) is 0.591. The van der Waals surface area contributed by atoms with Crippen LogP contribution in [0.5, 0.6) is 5.75 Å². The van der Waals surface area contributed by atoms with Crippen molar-refractivity contribution in [2.75, 3.05) is 18.1 Å². The average molecular weight is 333 g/mol. The van der Waals surface area contributed by atoms with Gasteiger partial charge in [0, 0.05) is 12.0 Å². The molecule has 24 heavy (non-hydrogen) atoms. The molecule has 0 aliphatic carbocycles. The van der Waals surface area contributed by atoms with Crippen LogP contribution in [-0.2, 0) is 14.3 Å². The zero-order valence-electron chi connectivity index (χ0n) is 14.5. The van der Waals surface area contributed by atoms with E-state index in [9.17, 15) is 14.4 Å². The molecule has 1 aliphatic heterocycles. The molecule has 0 spiro atoms. The molecule has 2 rings (SSSR count). The van der Waals surface area contributed by atoms with Crippen LogP contribution < -0.4 is 9.64 Å². The van der Waals surface area contributed by atoms with Crippen molar-refractivity contribution in [2.24, 2.45) is 0 Å². The van der Waals surface area contributed by atoms with E-state index >= 15 is 0 Å². The van der Waals surface area contributed by atoms with Gasteiger partial charge in [0.05, 0.1) is 12.3 Å². The second kappa shape index (κ2) is 7.03. The van der Waals surface area contributed by atoms with Gasteiger partial charge in [0.1, 0.15) is 12.3 Å². The van der Waals surface area contributed by atoms with Crippen LogP contribution in [0, 0.1) is 0 Å². The van der Waals surface area contributed by atoms with Gasteiger partial charge in [0.2, 0.25) is 0 Å². The lowest BCUT2D eigenvalue weighted by Crippen LogP contribution is -2.54. The minimum absolute atomic E-state index is 0.00586. The molecule has 6 nitrogen and oxygen atoms in total. The molecule has 6 heteroatoms. The number of ether oxygens (including phenoxy) is 2. The molecule has 0 unspecified atom stereocenters. The topological polar surface area (TPSA) is 72.9 Å². The lowest BCUT2D eigenvalue weighted by molar-refractivity contribution is -0.144. The highest BCUT2D eigenvalue weighted by Crippen LogP contribution is 2.38. The van der Waals surface area contributed by atoms with Crippen LogP contribution >= 0.6 is 0 Å². The number of amides is 1. The third-order valence-electron chi connectivity index (χ3n) is 3.77. The summed E-state index contributed by atoms with van der Waals surface area (Å²) in [5.41, 5.74) is -0.163. The monoisotopic (exact) mass is 333 g/mol. The minimum Gasteiger partial charge on any atom is -0.476 e. The highest BCUT2D eigenvalue weighted by molar-refractivity contribution is 6.06. The smallest absolute Gasteiger partial charge is 0.326 e. The van der Waals surface area contributed by atoms with Crippen molar-refractivity contribution in [1.29, 1.82) is 0 Å². The molecule has 0 saturated heterocycles. The molecule has 1 aromatic carbocycles. The number of Topliss-reactive ketones (excluding diaryl/α,β-unsaturated/α-hetero) is 1. The molecule has 1 heterocycles. The first kappa shape index (κ1) is 18.0. The summed E-state index contributed by atoms with van der Waals surface area (Å²) in [6, 6.07) is 4.97. The predicted molar refractivity (Wildman–Crippen MR) is 89.4 cm³/mol. The van der Waals surface area contributed by atoms with Crippen molar-refractivity contribution >= 4 is 23.3 Å². The Kier molecular flexibility index (Phi) is 5.26. The van der Waals surface area contributed by atoms with Crippen LogP contribution in [0.1, 0.15) is 50.9 Å². The number of hydrogen-bond acceptors (Lipinski definition) is 5. The van der Waals surface area contributed by atoms with Crippen LogP contribution in [0.2, 0.25) is 0 Å². The van der Waals surface area contributed by atoms with Crippen LogP contribution in [0.25, 0.3) is 0 Å². The van der Waals surface area contributed by atoms with Crippen LogP contribution in [0.4, 0.5) is 5.69 Å². The first-order valence-corrected chi connectivity index (χ1v) is 8.14. The predicted octanol–water partition coefficient (Wildman–Crippen LogP) is 2.74. The lowest BCUT2D eigenvalue weighted by Gasteiger charge is -2.38. The second-order valence-electron chi connectivity index (χ2n) is 6.16. The first-order valence-electron chi connectivity index (χ1n) is 8.14. The number of carbonyl (C=O) groups is 3.